The average molecular weight is 392 g/mol. The highest BCUT2D eigenvalue weighted by molar-refractivity contribution is 5.97. The van der Waals surface area contributed by atoms with E-state index in [2.05, 4.69) is 16.5 Å². The van der Waals surface area contributed by atoms with Gasteiger partial charge in [-0.05, 0) is 36.4 Å². The smallest absolute Gasteiger partial charge is 0.267 e. The summed E-state index contributed by atoms with van der Waals surface area (Å²) >= 11 is 0. The van der Waals surface area contributed by atoms with E-state index in [-0.39, 0.29) is 5.75 Å². The standard InChI is InChI=1S/C22H21FN4O2/c1-2-11-26-12-13-27-19(14-26)25-20(21(27)22(24)28)15-7-9-16(10-8-15)29-18-6-4-3-5-17(18)23/h2-10H,1,11-14H2,(H2,24,28). The lowest BCUT2D eigenvalue weighted by atomic mass is 10.1. The van der Waals surface area contributed by atoms with Gasteiger partial charge in [-0.15, -0.1) is 6.58 Å². The molecule has 0 unspecified atom stereocenters. The predicted octanol–water partition coefficient (Wildman–Crippen LogP) is 3.58. The highest BCUT2D eigenvalue weighted by Gasteiger charge is 2.26. The fourth-order valence-electron chi connectivity index (χ4n) is 3.51. The van der Waals surface area contributed by atoms with Gasteiger partial charge in [-0.3, -0.25) is 9.69 Å². The Labute approximate surface area is 168 Å². The number of fused-ring (bicyclic) bond motifs is 1. The molecule has 0 radical (unpaired) electrons. The first-order valence-electron chi connectivity index (χ1n) is 9.32. The van der Waals surface area contributed by atoms with Crippen LogP contribution in [0.1, 0.15) is 16.3 Å². The van der Waals surface area contributed by atoms with Crippen molar-refractivity contribution in [3.8, 4) is 22.8 Å². The zero-order valence-corrected chi connectivity index (χ0v) is 15.8. The van der Waals surface area contributed by atoms with E-state index in [1.807, 2.05) is 10.6 Å². The van der Waals surface area contributed by atoms with Crippen LogP contribution in [0.25, 0.3) is 11.3 Å². The van der Waals surface area contributed by atoms with Crippen LogP contribution in [-0.4, -0.2) is 33.4 Å². The van der Waals surface area contributed by atoms with Crippen LogP contribution >= 0.6 is 0 Å². The number of para-hydroxylation sites is 1. The first-order valence-corrected chi connectivity index (χ1v) is 9.32. The van der Waals surface area contributed by atoms with Crippen LogP contribution in [0.15, 0.2) is 61.2 Å². The molecule has 3 aromatic rings. The van der Waals surface area contributed by atoms with Gasteiger partial charge in [-0.1, -0.05) is 18.2 Å². The van der Waals surface area contributed by atoms with Gasteiger partial charge in [-0.25, -0.2) is 9.37 Å². The Balaban J connectivity index is 1.64. The molecule has 0 fully saturated rings. The van der Waals surface area contributed by atoms with E-state index in [0.29, 0.717) is 30.2 Å². The second-order valence-corrected chi connectivity index (χ2v) is 6.82. The summed E-state index contributed by atoms with van der Waals surface area (Å²) in [6, 6.07) is 13.2. The van der Waals surface area contributed by atoms with Crippen LogP contribution in [0, 0.1) is 5.82 Å². The number of imidazole rings is 1. The summed E-state index contributed by atoms with van der Waals surface area (Å²) < 4.78 is 21.3. The number of halogens is 1. The number of aromatic nitrogens is 2. The van der Waals surface area contributed by atoms with Crippen molar-refractivity contribution in [2.75, 3.05) is 13.1 Å². The minimum absolute atomic E-state index is 0.151. The number of nitrogens with two attached hydrogens (primary N) is 1. The maximum Gasteiger partial charge on any atom is 0.267 e. The van der Waals surface area contributed by atoms with Crippen molar-refractivity contribution < 1.29 is 13.9 Å². The van der Waals surface area contributed by atoms with Gasteiger partial charge in [0.15, 0.2) is 11.6 Å². The Hall–Kier alpha value is -3.45. The summed E-state index contributed by atoms with van der Waals surface area (Å²) in [4.78, 5) is 19.0. The summed E-state index contributed by atoms with van der Waals surface area (Å²) in [7, 11) is 0. The van der Waals surface area contributed by atoms with Gasteiger partial charge in [0.25, 0.3) is 5.91 Å². The number of benzene rings is 2. The minimum atomic E-state index is -0.511. The van der Waals surface area contributed by atoms with E-state index in [0.717, 1.165) is 24.5 Å². The lowest BCUT2D eigenvalue weighted by Gasteiger charge is -2.26. The van der Waals surface area contributed by atoms with E-state index in [1.165, 1.54) is 6.07 Å². The summed E-state index contributed by atoms with van der Waals surface area (Å²) in [5, 5.41) is 0. The van der Waals surface area contributed by atoms with Crippen LogP contribution in [-0.2, 0) is 13.1 Å². The van der Waals surface area contributed by atoms with Crippen molar-refractivity contribution in [1.82, 2.24) is 14.5 Å². The van der Waals surface area contributed by atoms with Crippen molar-refractivity contribution in [3.05, 3.63) is 78.5 Å². The molecule has 2 heterocycles. The summed E-state index contributed by atoms with van der Waals surface area (Å²) in [5.41, 5.74) is 7.36. The fourth-order valence-corrected chi connectivity index (χ4v) is 3.51. The molecule has 2 aromatic carbocycles. The number of nitrogens with zero attached hydrogens (tertiary/aromatic N) is 3. The zero-order chi connectivity index (χ0) is 20.4. The number of carbonyl (C=O) groups is 1. The molecule has 4 rings (SSSR count). The molecular weight excluding hydrogens is 371 g/mol. The van der Waals surface area contributed by atoms with Crippen molar-refractivity contribution in [2.45, 2.75) is 13.1 Å². The minimum Gasteiger partial charge on any atom is -0.454 e. The van der Waals surface area contributed by atoms with Crippen LogP contribution < -0.4 is 10.5 Å². The Morgan fingerprint density at radius 3 is 2.66 bits per heavy atom. The van der Waals surface area contributed by atoms with Crippen molar-refractivity contribution in [2.24, 2.45) is 5.73 Å². The first kappa shape index (κ1) is 18.9. The first-order chi connectivity index (χ1) is 14.1. The van der Waals surface area contributed by atoms with E-state index in [1.54, 1.807) is 42.5 Å². The quantitative estimate of drug-likeness (QED) is 0.651. The van der Waals surface area contributed by atoms with Gasteiger partial charge in [0, 0.05) is 25.2 Å². The maximum absolute atomic E-state index is 13.8. The number of rotatable bonds is 6. The van der Waals surface area contributed by atoms with E-state index in [4.69, 9.17) is 10.5 Å². The molecule has 0 saturated heterocycles. The molecule has 1 aliphatic rings. The summed E-state index contributed by atoms with van der Waals surface area (Å²) in [6.07, 6.45) is 1.85. The van der Waals surface area contributed by atoms with Gasteiger partial charge >= 0.3 is 0 Å². The lowest BCUT2D eigenvalue weighted by molar-refractivity contribution is 0.0988. The van der Waals surface area contributed by atoms with Gasteiger partial charge < -0.3 is 15.0 Å². The van der Waals surface area contributed by atoms with Crippen LogP contribution in [0.2, 0.25) is 0 Å². The number of hydrogen-bond donors (Lipinski definition) is 1. The molecule has 1 aliphatic heterocycles. The number of ether oxygens (including phenoxy) is 1. The highest BCUT2D eigenvalue weighted by atomic mass is 19.1. The summed E-state index contributed by atoms with van der Waals surface area (Å²) in [6.45, 7) is 6.60. The van der Waals surface area contributed by atoms with E-state index < -0.39 is 11.7 Å². The van der Waals surface area contributed by atoms with Gasteiger partial charge in [0.05, 0.1) is 6.54 Å². The zero-order valence-electron chi connectivity index (χ0n) is 15.8. The Kier molecular flexibility index (Phi) is 5.14. The normalized spacial score (nSPS) is 13.7. The van der Waals surface area contributed by atoms with Crippen LogP contribution in [0.5, 0.6) is 11.5 Å². The monoisotopic (exact) mass is 392 g/mol. The predicted molar refractivity (Wildman–Crippen MR) is 108 cm³/mol. The molecule has 0 aliphatic carbocycles. The maximum atomic E-state index is 13.8. The Bertz CT molecular complexity index is 1060. The van der Waals surface area contributed by atoms with E-state index >= 15 is 0 Å². The lowest BCUT2D eigenvalue weighted by Crippen LogP contribution is -2.35. The molecule has 29 heavy (non-hydrogen) atoms. The molecule has 0 saturated carbocycles. The molecule has 1 aromatic heterocycles. The molecule has 1 amide bonds. The second kappa shape index (κ2) is 7.89. The third-order valence-corrected chi connectivity index (χ3v) is 4.86. The average Bonchev–Trinajstić information content (AvgIpc) is 3.09. The Morgan fingerprint density at radius 1 is 1.21 bits per heavy atom. The van der Waals surface area contributed by atoms with Gasteiger partial charge in [0.1, 0.15) is 23.0 Å². The number of hydrogen-bond acceptors (Lipinski definition) is 4. The third-order valence-electron chi connectivity index (χ3n) is 4.86. The SMILES string of the molecule is C=CCN1CCn2c(nc(-c3ccc(Oc4ccccc4F)cc3)c2C(N)=O)C1. The molecule has 2 N–H and O–H groups in total. The molecule has 6 nitrogen and oxygen atoms in total. The van der Waals surface area contributed by atoms with Crippen molar-refractivity contribution >= 4 is 5.91 Å². The van der Waals surface area contributed by atoms with Gasteiger partial charge in [-0.2, -0.15) is 0 Å². The number of primary amides is 1. The molecule has 7 heteroatoms. The second-order valence-electron chi connectivity index (χ2n) is 6.82. The fraction of sp³-hybridized carbons (Fsp3) is 0.182. The van der Waals surface area contributed by atoms with Gasteiger partial charge in [0.2, 0.25) is 0 Å². The number of carbonyl (C=O) groups excluding carboxylic acids is 1. The van der Waals surface area contributed by atoms with Crippen molar-refractivity contribution in [1.29, 1.82) is 0 Å². The van der Waals surface area contributed by atoms with Crippen LogP contribution in [0.4, 0.5) is 4.39 Å². The largest absolute Gasteiger partial charge is 0.454 e. The molecular formula is C22H21FN4O2. The van der Waals surface area contributed by atoms with Crippen LogP contribution in [0.3, 0.4) is 0 Å². The summed E-state index contributed by atoms with van der Waals surface area (Å²) in [5.74, 6) is 0.494. The molecule has 148 valence electrons. The molecule has 0 atom stereocenters. The Morgan fingerprint density at radius 2 is 1.97 bits per heavy atom. The third kappa shape index (κ3) is 3.77. The molecule has 0 spiro atoms. The highest BCUT2D eigenvalue weighted by Crippen LogP contribution is 2.30. The topological polar surface area (TPSA) is 73.4 Å². The molecule has 0 bridgehead atoms. The van der Waals surface area contributed by atoms with E-state index in [9.17, 15) is 9.18 Å². The van der Waals surface area contributed by atoms with Crippen molar-refractivity contribution in [3.63, 3.8) is 0 Å². The number of amides is 1.